The van der Waals surface area contributed by atoms with Crippen LogP contribution < -0.4 is 10.9 Å². The Morgan fingerprint density at radius 3 is 2.52 bits per heavy atom. The van der Waals surface area contributed by atoms with Crippen molar-refractivity contribution in [2.45, 2.75) is 18.5 Å². The van der Waals surface area contributed by atoms with E-state index in [-0.39, 0.29) is 28.1 Å². The number of hydrogen-bond donors (Lipinski definition) is 2. The van der Waals surface area contributed by atoms with E-state index in [1.165, 1.54) is 5.56 Å². The van der Waals surface area contributed by atoms with Crippen molar-refractivity contribution in [2.75, 3.05) is 11.1 Å². The molecule has 2 N–H and O–H groups in total. The summed E-state index contributed by atoms with van der Waals surface area (Å²) >= 11 is 6.99. The summed E-state index contributed by atoms with van der Waals surface area (Å²) < 4.78 is 0. The molecule has 0 spiro atoms. The summed E-state index contributed by atoms with van der Waals surface area (Å²) in [6, 6.07) is 16.2. The zero-order valence-electron chi connectivity index (χ0n) is 15.5. The van der Waals surface area contributed by atoms with Crippen LogP contribution in [0.1, 0.15) is 18.1 Å². The maximum atomic E-state index is 12.3. The van der Waals surface area contributed by atoms with Crippen LogP contribution in [0.3, 0.4) is 0 Å². The molecule has 0 saturated carbocycles. The summed E-state index contributed by atoms with van der Waals surface area (Å²) in [6.45, 7) is 2.06. The molecule has 1 aromatic heterocycles. The minimum Gasteiger partial charge on any atom is -0.325 e. The Labute approximate surface area is 177 Å². The average Bonchev–Trinajstić information content (AvgIpc) is 2.73. The van der Waals surface area contributed by atoms with Gasteiger partial charge in [0.1, 0.15) is 11.6 Å². The number of nitrogens with zero attached hydrogens (tertiary/aromatic N) is 2. The molecule has 3 rings (SSSR count). The molecule has 3 aromatic rings. The summed E-state index contributed by atoms with van der Waals surface area (Å²) in [4.78, 5) is 31.4. The quantitative estimate of drug-likeness (QED) is 0.455. The van der Waals surface area contributed by atoms with Crippen LogP contribution in [0.15, 0.2) is 58.5 Å². The van der Waals surface area contributed by atoms with E-state index in [0.29, 0.717) is 16.3 Å². The van der Waals surface area contributed by atoms with Gasteiger partial charge in [-0.1, -0.05) is 54.6 Å². The van der Waals surface area contributed by atoms with Gasteiger partial charge in [-0.3, -0.25) is 9.59 Å². The van der Waals surface area contributed by atoms with Gasteiger partial charge in [0, 0.05) is 16.3 Å². The number of nitrogens with one attached hydrogen (secondary N) is 2. The molecule has 8 heteroatoms. The Morgan fingerprint density at radius 1 is 1.21 bits per heavy atom. The Morgan fingerprint density at radius 2 is 1.90 bits per heavy atom. The van der Waals surface area contributed by atoms with Gasteiger partial charge >= 0.3 is 0 Å². The molecule has 0 aliphatic heterocycles. The number of H-pyrrole nitrogens is 1. The van der Waals surface area contributed by atoms with Crippen molar-refractivity contribution in [3.05, 3.63) is 75.0 Å². The second kappa shape index (κ2) is 9.41. The average molecular weight is 425 g/mol. The number of thioether (sulfide) groups is 1. The van der Waals surface area contributed by atoms with Gasteiger partial charge in [-0.25, -0.2) is 4.98 Å². The maximum absolute atomic E-state index is 12.3. The van der Waals surface area contributed by atoms with Crippen molar-refractivity contribution in [1.82, 2.24) is 9.97 Å². The van der Waals surface area contributed by atoms with E-state index in [0.717, 1.165) is 18.2 Å². The van der Waals surface area contributed by atoms with Gasteiger partial charge in [-0.2, -0.15) is 5.26 Å². The fraction of sp³-hybridized carbons (Fsp3) is 0.143. The lowest BCUT2D eigenvalue weighted by Crippen LogP contribution is -2.17. The van der Waals surface area contributed by atoms with Crippen molar-refractivity contribution in [2.24, 2.45) is 0 Å². The third-order valence-corrected chi connectivity index (χ3v) is 5.24. The van der Waals surface area contributed by atoms with Gasteiger partial charge in [0.2, 0.25) is 5.91 Å². The van der Waals surface area contributed by atoms with Crippen LogP contribution in [0.2, 0.25) is 5.02 Å². The molecule has 0 aliphatic carbocycles. The van der Waals surface area contributed by atoms with Crippen LogP contribution >= 0.6 is 23.4 Å². The number of nitriles is 1. The van der Waals surface area contributed by atoms with E-state index >= 15 is 0 Å². The van der Waals surface area contributed by atoms with Crippen LogP contribution in [0.25, 0.3) is 11.3 Å². The molecular formula is C21H17ClN4O2S. The van der Waals surface area contributed by atoms with Gasteiger partial charge in [-0.15, -0.1) is 0 Å². The monoisotopic (exact) mass is 424 g/mol. The van der Waals surface area contributed by atoms with E-state index in [1.807, 2.05) is 30.3 Å². The van der Waals surface area contributed by atoms with Gasteiger partial charge < -0.3 is 10.3 Å². The largest absolute Gasteiger partial charge is 0.325 e. The summed E-state index contributed by atoms with van der Waals surface area (Å²) in [5.74, 6) is -0.163. The molecule has 0 saturated heterocycles. The normalized spacial score (nSPS) is 10.4. The summed E-state index contributed by atoms with van der Waals surface area (Å²) in [7, 11) is 0. The second-order valence-electron chi connectivity index (χ2n) is 6.10. The van der Waals surface area contributed by atoms with Crippen LogP contribution in [-0.2, 0) is 11.2 Å². The Balaban J connectivity index is 1.75. The molecule has 6 nitrogen and oxygen atoms in total. The maximum Gasteiger partial charge on any atom is 0.270 e. The molecule has 146 valence electrons. The number of carbonyl (C=O) groups is 1. The first-order valence-electron chi connectivity index (χ1n) is 8.82. The van der Waals surface area contributed by atoms with Crippen molar-refractivity contribution >= 4 is 35.0 Å². The predicted molar refractivity (Wildman–Crippen MR) is 115 cm³/mol. The SMILES string of the molecule is CCc1ccc(NC(=O)CSc2nc(-c3ccc(Cl)cc3)c(C#N)c(=O)[nH]2)cc1. The Bertz CT molecular complexity index is 1120. The van der Waals surface area contributed by atoms with Crippen molar-refractivity contribution in [1.29, 1.82) is 5.26 Å². The van der Waals surface area contributed by atoms with E-state index < -0.39 is 5.56 Å². The first kappa shape index (κ1) is 20.6. The molecule has 0 aliphatic rings. The lowest BCUT2D eigenvalue weighted by molar-refractivity contribution is -0.113. The van der Waals surface area contributed by atoms with E-state index in [1.54, 1.807) is 24.3 Å². The van der Waals surface area contributed by atoms with Crippen LogP contribution in [0.5, 0.6) is 0 Å². The van der Waals surface area contributed by atoms with E-state index in [9.17, 15) is 14.9 Å². The molecule has 29 heavy (non-hydrogen) atoms. The molecule has 0 atom stereocenters. The van der Waals surface area contributed by atoms with Gasteiger partial charge in [-0.05, 0) is 36.2 Å². The highest BCUT2D eigenvalue weighted by Crippen LogP contribution is 2.23. The smallest absolute Gasteiger partial charge is 0.270 e. The number of carbonyl (C=O) groups excluding carboxylic acids is 1. The molecule has 0 bridgehead atoms. The molecule has 0 unspecified atom stereocenters. The molecule has 1 amide bonds. The standard InChI is InChI=1S/C21H17ClN4O2S/c1-2-13-3-9-16(10-4-13)24-18(27)12-29-21-25-19(17(11-23)20(28)26-21)14-5-7-15(22)8-6-14/h3-10H,2,12H2,1H3,(H,24,27)(H,25,26,28). The highest BCUT2D eigenvalue weighted by molar-refractivity contribution is 7.99. The minimum atomic E-state index is -0.550. The number of halogens is 1. The molecular weight excluding hydrogens is 408 g/mol. The highest BCUT2D eigenvalue weighted by atomic mass is 35.5. The van der Waals surface area contributed by atoms with Gasteiger partial charge in [0.05, 0.1) is 11.4 Å². The molecule has 2 aromatic carbocycles. The van der Waals surface area contributed by atoms with Crippen LogP contribution in [-0.4, -0.2) is 21.6 Å². The summed E-state index contributed by atoms with van der Waals surface area (Å²) in [6.07, 6.45) is 0.928. The fourth-order valence-electron chi connectivity index (χ4n) is 2.60. The third-order valence-electron chi connectivity index (χ3n) is 4.11. The second-order valence-corrected chi connectivity index (χ2v) is 7.50. The molecule has 0 fully saturated rings. The number of aromatic amines is 1. The van der Waals surface area contributed by atoms with Crippen LogP contribution in [0, 0.1) is 11.3 Å². The third kappa shape index (κ3) is 5.25. The number of benzene rings is 2. The van der Waals surface area contributed by atoms with Gasteiger partial charge in [0.15, 0.2) is 5.16 Å². The minimum absolute atomic E-state index is 0.0599. The number of aryl methyl sites for hydroxylation is 1. The number of rotatable bonds is 6. The first-order chi connectivity index (χ1) is 14.0. The lowest BCUT2D eigenvalue weighted by Gasteiger charge is -2.08. The fourth-order valence-corrected chi connectivity index (χ4v) is 3.38. The van der Waals surface area contributed by atoms with Crippen molar-refractivity contribution in [3.63, 3.8) is 0 Å². The molecule has 0 radical (unpaired) electrons. The van der Waals surface area contributed by atoms with Crippen molar-refractivity contribution in [3.8, 4) is 17.3 Å². The van der Waals surface area contributed by atoms with Gasteiger partial charge in [0.25, 0.3) is 5.56 Å². The van der Waals surface area contributed by atoms with Crippen LogP contribution in [0.4, 0.5) is 5.69 Å². The zero-order chi connectivity index (χ0) is 20.8. The van der Waals surface area contributed by atoms with Crippen molar-refractivity contribution < 1.29 is 4.79 Å². The summed E-state index contributed by atoms with van der Waals surface area (Å²) in [5, 5.41) is 12.9. The predicted octanol–water partition coefficient (Wildman–Crippen LogP) is 4.26. The first-order valence-corrected chi connectivity index (χ1v) is 10.2. The number of amides is 1. The lowest BCUT2D eigenvalue weighted by atomic mass is 10.1. The Kier molecular flexibility index (Phi) is 6.70. The zero-order valence-corrected chi connectivity index (χ0v) is 17.1. The number of aromatic nitrogens is 2. The number of hydrogen-bond acceptors (Lipinski definition) is 5. The summed E-state index contributed by atoms with van der Waals surface area (Å²) in [5.41, 5.74) is 2.11. The molecule has 1 heterocycles. The van der Waals surface area contributed by atoms with E-state index in [4.69, 9.17) is 11.6 Å². The topological polar surface area (TPSA) is 98.6 Å². The Hall–Kier alpha value is -3.08. The number of anilines is 1. The highest BCUT2D eigenvalue weighted by Gasteiger charge is 2.14. The van der Waals surface area contributed by atoms with E-state index in [2.05, 4.69) is 22.2 Å².